The van der Waals surface area contributed by atoms with Gasteiger partial charge in [-0.05, 0) is 44.6 Å². The highest BCUT2D eigenvalue weighted by Crippen LogP contribution is 2.40. The van der Waals surface area contributed by atoms with E-state index in [4.69, 9.17) is 10.7 Å². The van der Waals surface area contributed by atoms with Crippen molar-refractivity contribution in [2.24, 2.45) is 11.7 Å². The maximum atomic E-state index is 12.2. The molecule has 1 unspecified atom stereocenters. The summed E-state index contributed by atoms with van der Waals surface area (Å²) in [5.74, 6) is 2.80. The Bertz CT molecular complexity index is 598. The average Bonchev–Trinajstić information content (AvgIpc) is 3.39. The van der Waals surface area contributed by atoms with E-state index in [0.717, 1.165) is 62.5 Å². The quantitative estimate of drug-likeness (QED) is 0.863. The minimum Gasteiger partial charge on any atom is -0.356 e. The second kappa shape index (κ2) is 5.50. The van der Waals surface area contributed by atoms with Gasteiger partial charge in [-0.2, -0.15) is 0 Å². The molecule has 1 amide bonds. The van der Waals surface area contributed by atoms with Crippen molar-refractivity contribution in [3.8, 4) is 0 Å². The summed E-state index contributed by atoms with van der Waals surface area (Å²) >= 11 is 0. The Kier molecular flexibility index (Phi) is 3.48. The molecule has 6 heteroatoms. The van der Waals surface area contributed by atoms with E-state index in [1.165, 1.54) is 6.42 Å². The van der Waals surface area contributed by atoms with E-state index in [2.05, 4.69) is 15.2 Å². The van der Waals surface area contributed by atoms with Crippen LogP contribution in [0.15, 0.2) is 0 Å². The SMILES string of the molecule is NCC1CCCN(c2nc(C3CC3)nc3c2CCNC3=O)C1. The number of nitrogens with zero attached hydrogens (tertiary/aromatic N) is 3. The number of anilines is 1. The van der Waals surface area contributed by atoms with Crippen LogP contribution in [-0.4, -0.2) is 42.1 Å². The summed E-state index contributed by atoms with van der Waals surface area (Å²) in [6, 6.07) is 0. The van der Waals surface area contributed by atoms with E-state index in [-0.39, 0.29) is 5.91 Å². The van der Waals surface area contributed by atoms with Gasteiger partial charge in [0.05, 0.1) is 0 Å². The number of amides is 1. The first-order valence-corrected chi connectivity index (χ1v) is 8.40. The molecule has 1 aromatic heterocycles. The molecule has 0 aromatic carbocycles. The molecule has 22 heavy (non-hydrogen) atoms. The molecule has 1 aromatic rings. The number of aromatic nitrogens is 2. The van der Waals surface area contributed by atoms with Gasteiger partial charge in [0.25, 0.3) is 5.91 Å². The number of nitrogens with two attached hydrogens (primary N) is 1. The van der Waals surface area contributed by atoms with Crippen LogP contribution in [0, 0.1) is 5.92 Å². The summed E-state index contributed by atoms with van der Waals surface area (Å²) < 4.78 is 0. The van der Waals surface area contributed by atoms with Crippen LogP contribution in [0.3, 0.4) is 0 Å². The molecule has 0 radical (unpaired) electrons. The van der Waals surface area contributed by atoms with Crippen molar-refractivity contribution in [1.82, 2.24) is 15.3 Å². The molecule has 3 aliphatic rings. The van der Waals surface area contributed by atoms with Crippen LogP contribution >= 0.6 is 0 Å². The predicted molar refractivity (Wildman–Crippen MR) is 84.0 cm³/mol. The smallest absolute Gasteiger partial charge is 0.270 e. The number of carbonyl (C=O) groups excluding carboxylic acids is 1. The summed E-state index contributed by atoms with van der Waals surface area (Å²) in [6.45, 7) is 3.36. The topological polar surface area (TPSA) is 84.1 Å². The van der Waals surface area contributed by atoms with Crippen LogP contribution in [0.4, 0.5) is 5.82 Å². The number of nitrogens with one attached hydrogen (secondary N) is 1. The second-order valence-corrected chi connectivity index (χ2v) is 6.70. The average molecular weight is 301 g/mol. The minimum absolute atomic E-state index is 0.0424. The molecule has 2 aliphatic heterocycles. The Morgan fingerprint density at radius 2 is 2.14 bits per heavy atom. The second-order valence-electron chi connectivity index (χ2n) is 6.70. The van der Waals surface area contributed by atoms with Crippen LogP contribution < -0.4 is 16.0 Å². The van der Waals surface area contributed by atoms with E-state index < -0.39 is 0 Å². The van der Waals surface area contributed by atoms with E-state index in [1.54, 1.807) is 0 Å². The molecule has 6 nitrogen and oxygen atoms in total. The van der Waals surface area contributed by atoms with Gasteiger partial charge in [0.2, 0.25) is 0 Å². The lowest BCUT2D eigenvalue weighted by Crippen LogP contribution is -2.41. The first-order chi connectivity index (χ1) is 10.8. The predicted octanol–water partition coefficient (Wildman–Crippen LogP) is 0.815. The molecule has 3 N–H and O–H groups in total. The van der Waals surface area contributed by atoms with Gasteiger partial charge in [0.15, 0.2) is 0 Å². The normalized spacial score (nSPS) is 24.9. The number of fused-ring (bicyclic) bond motifs is 1. The van der Waals surface area contributed by atoms with Gasteiger partial charge < -0.3 is 16.0 Å². The summed E-state index contributed by atoms with van der Waals surface area (Å²) in [5.41, 5.74) is 7.51. The zero-order chi connectivity index (χ0) is 15.1. The monoisotopic (exact) mass is 301 g/mol. The zero-order valence-corrected chi connectivity index (χ0v) is 12.8. The summed E-state index contributed by atoms with van der Waals surface area (Å²) in [6.07, 6.45) is 5.45. The maximum Gasteiger partial charge on any atom is 0.270 e. The molecular weight excluding hydrogens is 278 g/mol. The van der Waals surface area contributed by atoms with Crippen molar-refractivity contribution < 1.29 is 4.79 Å². The Labute approximate surface area is 130 Å². The molecule has 4 rings (SSSR count). The molecule has 2 fully saturated rings. The summed E-state index contributed by atoms with van der Waals surface area (Å²) in [7, 11) is 0. The largest absolute Gasteiger partial charge is 0.356 e. The number of hydrogen-bond donors (Lipinski definition) is 2. The van der Waals surface area contributed by atoms with Crippen molar-refractivity contribution >= 4 is 11.7 Å². The number of rotatable bonds is 3. The van der Waals surface area contributed by atoms with Crippen LogP contribution in [-0.2, 0) is 6.42 Å². The van der Waals surface area contributed by atoms with Gasteiger partial charge in [0.1, 0.15) is 17.3 Å². The minimum atomic E-state index is -0.0424. The molecule has 0 bridgehead atoms. The molecule has 118 valence electrons. The first kappa shape index (κ1) is 13.9. The van der Waals surface area contributed by atoms with E-state index in [9.17, 15) is 4.79 Å². The highest BCUT2D eigenvalue weighted by Gasteiger charge is 2.33. The van der Waals surface area contributed by atoms with E-state index in [0.29, 0.717) is 24.1 Å². The Balaban J connectivity index is 1.74. The number of hydrogen-bond acceptors (Lipinski definition) is 5. The first-order valence-electron chi connectivity index (χ1n) is 8.40. The van der Waals surface area contributed by atoms with Gasteiger partial charge >= 0.3 is 0 Å². The molecule has 0 spiro atoms. The molecule has 1 saturated carbocycles. The summed E-state index contributed by atoms with van der Waals surface area (Å²) in [5, 5.41) is 2.91. The highest BCUT2D eigenvalue weighted by atomic mass is 16.1. The van der Waals surface area contributed by atoms with Gasteiger partial charge in [-0.1, -0.05) is 0 Å². The van der Waals surface area contributed by atoms with Crippen molar-refractivity contribution in [3.05, 3.63) is 17.1 Å². The van der Waals surface area contributed by atoms with Gasteiger partial charge in [-0.15, -0.1) is 0 Å². The lowest BCUT2D eigenvalue weighted by Gasteiger charge is -2.35. The fraction of sp³-hybridized carbons (Fsp3) is 0.688. The summed E-state index contributed by atoms with van der Waals surface area (Å²) in [4.78, 5) is 24.0. The highest BCUT2D eigenvalue weighted by molar-refractivity contribution is 5.96. The lowest BCUT2D eigenvalue weighted by molar-refractivity contribution is 0.0940. The van der Waals surface area contributed by atoms with E-state index in [1.807, 2.05) is 0 Å². The van der Waals surface area contributed by atoms with Crippen LogP contribution in [0.2, 0.25) is 0 Å². The van der Waals surface area contributed by atoms with Crippen molar-refractivity contribution in [1.29, 1.82) is 0 Å². The van der Waals surface area contributed by atoms with Crippen LogP contribution in [0.5, 0.6) is 0 Å². The van der Waals surface area contributed by atoms with Gasteiger partial charge in [-0.25, -0.2) is 9.97 Å². The van der Waals surface area contributed by atoms with Crippen molar-refractivity contribution in [2.75, 3.05) is 31.1 Å². The standard InChI is InChI=1S/C16H23N5O/c17-8-10-2-1-7-21(9-10)15-12-5-6-18-16(22)13(12)19-14(20-15)11-3-4-11/h10-11H,1-9,17H2,(H,18,22). The fourth-order valence-corrected chi connectivity index (χ4v) is 3.53. The molecule has 1 aliphatic carbocycles. The molecular formula is C16H23N5O. The van der Waals surface area contributed by atoms with Gasteiger partial charge in [-0.3, -0.25) is 4.79 Å². The molecule has 3 heterocycles. The lowest BCUT2D eigenvalue weighted by atomic mass is 9.97. The molecule has 1 saturated heterocycles. The van der Waals surface area contributed by atoms with Crippen LogP contribution in [0.1, 0.15) is 53.5 Å². The Morgan fingerprint density at radius 3 is 2.91 bits per heavy atom. The number of carbonyl (C=O) groups is 1. The van der Waals surface area contributed by atoms with Gasteiger partial charge in [0, 0.05) is 31.1 Å². The number of piperidine rings is 1. The Hall–Kier alpha value is -1.69. The Morgan fingerprint density at radius 1 is 1.27 bits per heavy atom. The third-order valence-electron chi connectivity index (χ3n) is 4.97. The fourth-order valence-electron chi connectivity index (χ4n) is 3.53. The molecule has 1 atom stereocenters. The third-order valence-corrected chi connectivity index (χ3v) is 4.97. The van der Waals surface area contributed by atoms with Crippen molar-refractivity contribution in [3.63, 3.8) is 0 Å². The van der Waals surface area contributed by atoms with E-state index >= 15 is 0 Å². The third kappa shape index (κ3) is 2.45. The van der Waals surface area contributed by atoms with Crippen LogP contribution in [0.25, 0.3) is 0 Å². The van der Waals surface area contributed by atoms with Crippen molar-refractivity contribution in [2.45, 2.75) is 38.0 Å². The maximum absolute atomic E-state index is 12.2. The zero-order valence-electron chi connectivity index (χ0n) is 12.8.